The molecule has 0 fully saturated rings. The molecule has 0 saturated carbocycles. The Morgan fingerprint density at radius 2 is 1.67 bits per heavy atom. The van der Waals surface area contributed by atoms with E-state index in [2.05, 4.69) is 5.32 Å². The number of carbonyl (C=O) groups excluding carboxylic acids is 2. The number of sulfonamides is 1. The molecule has 0 spiro atoms. The molecule has 0 unspecified atom stereocenters. The average Bonchev–Trinajstić information content (AvgIpc) is 2.93. The predicted octanol–water partition coefficient (Wildman–Crippen LogP) is 5.20. The van der Waals surface area contributed by atoms with Crippen molar-refractivity contribution < 1.29 is 27.1 Å². The summed E-state index contributed by atoms with van der Waals surface area (Å²) in [5.41, 5.74) is 1.88. The molecule has 8 nitrogen and oxygen atoms in total. The predicted molar refractivity (Wildman–Crippen MR) is 164 cm³/mol. The van der Waals surface area contributed by atoms with Gasteiger partial charge in [-0.3, -0.25) is 13.9 Å². The van der Waals surface area contributed by atoms with E-state index in [1.807, 2.05) is 44.2 Å². The van der Waals surface area contributed by atoms with Crippen LogP contribution < -0.4 is 14.4 Å². The quantitative estimate of drug-likeness (QED) is 0.268. The number of methoxy groups -OCH3 is 1. The van der Waals surface area contributed by atoms with Gasteiger partial charge >= 0.3 is 0 Å². The molecular formula is C31H37ClFN3O5S. The van der Waals surface area contributed by atoms with Gasteiger partial charge in [-0.05, 0) is 61.7 Å². The van der Waals surface area contributed by atoms with E-state index >= 15 is 0 Å². The first-order chi connectivity index (χ1) is 19.9. The Kier molecular flexibility index (Phi) is 11.8. The Morgan fingerprint density at radius 3 is 2.24 bits per heavy atom. The number of halogens is 2. The SMILES string of the molecule is COc1ccc(N(CCCC(=O)N(Cc2ccc(F)cc2)[C@@H](Cc2ccccc2)C(=O)NC(C)C)S(C)(=O)=O)cc1Cl. The zero-order valence-corrected chi connectivity index (χ0v) is 25.8. The number of nitrogens with one attached hydrogen (secondary N) is 1. The van der Waals surface area contributed by atoms with Gasteiger partial charge in [-0.2, -0.15) is 0 Å². The first-order valence-electron chi connectivity index (χ1n) is 13.6. The van der Waals surface area contributed by atoms with Crippen LogP contribution >= 0.6 is 11.6 Å². The van der Waals surface area contributed by atoms with Crippen LogP contribution in [0, 0.1) is 5.82 Å². The summed E-state index contributed by atoms with van der Waals surface area (Å²) < 4.78 is 45.3. The highest BCUT2D eigenvalue weighted by Crippen LogP contribution is 2.30. The number of rotatable bonds is 14. The molecule has 2 amide bonds. The first-order valence-corrected chi connectivity index (χ1v) is 15.8. The fourth-order valence-corrected chi connectivity index (χ4v) is 5.74. The van der Waals surface area contributed by atoms with Crippen molar-refractivity contribution in [1.29, 1.82) is 0 Å². The maximum atomic E-state index is 13.8. The number of hydrogen-bond acceptors (Lipinski definition) is 5. The molecule has 42 heavy (non-hydrogen) atoms. The van der Waals surface area contributed by atoms with Crippen molar-refractivity contribution in [2.75, 3.05) is 24.2 Å². The third-order valence-electron chi connectivity index (χ3n) is 6.54. The van der Waals surface area contributed by atoms with Gasteiger partial charge in [0.1, 0.15) is 17.6 Å². The molecule has 1 atom stereocenters. The van der Waals surface area contributed by atoms with E-state index in [-0.39, 0.29) is 55.2 Å². The lowest BCUT2D eigenvalue weighted by atomic mass is 10.0. The van der Waals surface area contributed by atoms with Crippen LogP contribution in [0.3, 0.4) is 0 Å². The summed E-state index contributed by atoms with van der Waals surface area (Å²) in [4.78, 5) is 28.8. The second-order valence-corrected chi connectivity index (χ2v) is 12.6. The van der Waals surface area contributed by atoms with Crippen LogP contribution in [0.5, 0.6) is 5.75 Å². The summed E-state index contributed by atoms with van der Waals surface area (Å²) in [6.45, 7) is 3.77. The van der Waals surface area contributed by atoms with Crippen molar-refractivity contribution in [3.63, 3.8) is 0 Å². The van der Waals surface area contributed by atoms with Gasteiger partial charge in [0.15, 0.2) is 0 Å². The molecule has 0 aliphatic heterocycles. The zero-order chi connectivity index (χ0) is 30.9. The molecule has 0 heterocycles. The van der Waals surface area contributed by atoms with Crippen LogP contribution in [0.4, 0.5) is 10.1 Å². The molecule has 226 valence electrons. The normalized spacial score (nSPS) is 12.1. The highest BCUT2D eigenvalue weighted by molar-refractivity contribution is 7.92. The second kappa shape index (κ2) is 15.0. The summed E-state index contributed by atoms with van der Waals surface area (Å²) in [7, 11) is -2.24. The Balaban J connectivity index is 1.88. The Labute approximate surface area is 252 Å². The van der Waals surface area contributed by atoms with Gasteiger partial charge in [0.25, 0.3) is 0 Å². The fourth-order valence-electron chi connectivity index (χ4n) is 4.54. The molecular weight excluding hydrogens is 581 g/mol. The number of amides is 2. The number of ether oxygens (including phenoxy) is 1. The number of anilines is 1. The lowest BCUT2D eigenvalue weighted by Gasteiger charge is -2.32. The molecule has 11 heteroatoms. The van der Waals surface area contributed by atoms with Crippen molar-refractivity contribution >= 4 is 39.1 Å². The van der Waals surface area contributed by atoms with Gasteiger partial charge in [0, 0.05) is 32.0 Å². The van der Waals surface area contributed by atoms with Crippen LogP contribution in [-0.4, -0.2) is 57.1 Å². The van der Waals surface area contributed by atoms with Gasteiger partial charge in [-0.15, -0.1) is 0 Å². The summed E-state index contributed by atoms with van der Waals surface area (Å²) >= 11 is 6.23. The molecule has 3 aromatic carbocycles. The van der Waals surface area contributed by atoms with Gasteiger partial charge in [0.05, 0.1) is 24.1 Å². The number of carbonyl (C=O) groups is 2. The average molecular weight is 618 g/mol. The van der Waals surface area contributed by atoms with E-state index in [1.165, 1.54) is 34.5 Å². The maximum absolute atomic E-state index is 13.8. The highest BCUT2D eigenvalue weighted by atomic mass is 35.5. The van der Waals surface area contributed by atoms with E-state index in [9.17, 15) is 22.4 Å². The molecule has 0 bridgehead atoms. The van der Waals surface area contributed by atoms with Crippen molar-refractivity contribution in [3.8, 4) is 5.75 Å². The number of benzene rings is 3. The molecule has 1 N–H and O–H groups in total. The van der Waals surface area contributed by atoms with Crippen LogP contribution in [-0.2, 0) is 32.6 Å². The summed E-state index contributed by atoms with van der Waals surface area (Å²) in [6, 6.07) is 18.8. The summed E-state index contributed by atoms with van der Waals surface area (Å²) in [5, 5.41) is 3.18. The molecule has 0 aromatic heterocycles. The smallest absolute Gasteiger partial charge is 0.243 e. The number of hydrogen-bond donors (Lipinski definition) is 1. The van der Waals surface area contributed by atoms with Gasteiger partial charge in [-0.1, -0.05) is 54.1 Å². The lowest BCUT2D eigenvalue weighted by Crippen LogP contribution is -2.51. The Hall–Kier alpha value is -3.63. The molecule has 0 saturated heterocycles. The van der Waals surface area contributed by atoms with Crippen LogP contribution in [0.2, 0.25) is 5.02 Å². The second-order valence-electron chi connectivity index (χ2n) is 10.3. The standard InChI is InChI=1S/C31H37ClFN3O5S/c1-22(2)34-31(38)28(19-23-9-6-5-7-10-23)35(21-24-12-14-25(33)15-13-24)30(37)11-8-18-36(42(4,39)40)26-16-17-29(41-3)27(32)20-26/h5-7,9-10,12-17,20,22,28H,8,11,18-19,21H2,1-4H3,(H,34,38)/t28-/m0/s1. The minimum Gasteiger partial charge on any atom is -0.495 e. The fraction of sp³-hybridized carbons (Fsp3) is 0.355. The minimum absolute atomic E-state index is 0.0131. The molecule has 0 aliphatic carbocycles. The van der Waals surface area contributed by atoms with Crippen LogP contribution in [0.25, 0.3) is 0 Å². The van der Waals surface area contributed by atoms with Crippen molar-refractivity contribution in [2.24, 2.45) is 0 Å². The van der Waals surface area contributed by atoms with Crippen LogP contribution in [0.1, 0.15) is 37.8 Å². The van der Waals surface area contributed by atoms with Gasteiger partial charge in [0.2, 0.25) is 21.8 Å². The molecule has 3 rings (SSSR count). The molecule has 0 aliphatic rings. The monoisotopic (exact) mass is 617 g/mol. The summed E-state index contributed by atoms with van der Waals surface area (Å²) in [5.74, 6) is -0.644. The Bertz CT molecular complexity index is 1450. The largest absolute Gasteiger partial charge is 0.495 e. The van der Waals surface area contributed by atoms with E-state index in [0.29, 0.717) is 17.0 Å². The Morgan fingerprint density at radius 1 is 1.00 bits per heavy atom. The van der Waals surface area contributed by atoms with Crippen molar-refractivity contribution in [3.05, 3.63) is 94.8 Å². The first kappa shape index (κ1) is 32.9. The number of nitrogens with zero attached hydrogens (tertiary/aromatic N) is 2. The van der Waals surface area contributed by atoms with Crippen molar-refractivity contribution in [1.82, 2.24) is 10.2 Å². The summed E-state index contributed by atoms with van der Waals surface area (Å²) in [6.07, 6.45) is 1.50. The van der Waals surface area contributed by atoms with E-state index in [1.54, 1.807) is 24.3 Å². The minimum atomic E-state index is -3.70. The van der Waals surface area contributed by atoms with E-state index in [0.717, 1.165) is 11.8 Å². The topological polar surface area (TPSA) is 96.0 Å². The third-order valence-corrected chi connectivity index (χ3v) is 8.03. The van der Waals surface area contributed by atoms with E-state index < -0.39 is 21.9 Å². The van der Waals surface area contributed by atoms with Crippen molar-refractivity contribution in [2.45, 2.75) is 51.7 Å². The van der Waals surface area contributed by atoms with Gasteiger partial charge < -0.3 is 15.0 Å². The third kappa shape index (κ3) is 9.46. The molecule has 3 aromatic rings. The highest BCUT2D eigenvalue weighted by Gasteiger charge is 2.31. The van der Waals surface area contributed by atoms with Crippen LogP contribution in [0.15, 0.2) is 72.8 Å². The van der Waals surface area contributed by atoms with Gasteiger partial charge in [-0.25, -0.2) is 12.8 Å². The van der Waals surface area contributed by atoms with E-state index in [4.69, 9.17) is 16.3 Å². The lowest BCUT2D eigenvalue weighted by molar-refractivity contribution is -0.141. The zero-order valence-electron chi connectivity index (χ0n) is 24.2. The maximum Gasteiger partial charge on any atom is 0.243 e. The molecule has 0 radical (unpaired) electrons.